The van der Waals surface area contributed by atoms with Gasteiger partial charge < -0.3 is 15.0 Å². The fraction of sp³-hybridized carbons (Fsp3) is 0.440. The highest BCUT2D eigenvalue weighted by Crippen LogP contribution is 2.23. The maximum Gasteiger partial charge on any atom is 0.261 e. The van der Waals surface area contributed by atoms with Gasteiger partial charge in [-0.25, -0.2) is 0 Å². The molecule has 3 rings (SSSR count). The van der Waals surface area contributed by atoms with E-state index < -0.39 is 6.04 Å². The molecule has 0 aromatic heterocycles. The first-order valence-corrected chi connectivity index (χ1v) is 11.4. The molecule has 166 valence electrons. The highest BCUT2D eigenvalue weighted by molar-refractivity contribution is 6.32. The Balaban J connectivity index is 1.65. The van der Waals surface area contributed by atoms with Crippen molar-refractivity contribution in [2.24, 2.45) is 0 Å². The Morgan fingerprint density at radius 2 is 1.74 bits per heavy atom. The Labute approximate surface area is 189 Å². The van der Waals surface area contributed by atoms with Crippen LogP contribution in [0.25, 0.3) is 0 Å². The van der Waals surface area contributed by atoms with Crippen molar-refractivity contribution in [2.75, 3.05) is 13.2 Å². The van der Waals surface area contributed by atoms with Gasteiger partial charge in [0.2, 0.25) is 5.91 Å². The summed E-state index contributed by atoms with van der Waals surface area (Å²) in [5.74, 6) is 0.119. The highest BCUT2D eigenvalue weighted by Gasteiger charge is 2.28. The highest BCUT2D eigenvalue weighted by atomic mass is 35.5. The normalized spacial score (nSPS) is 15.2. The van der Waals surface area contributed by atoms with E-state index in [1.165, 1.54) is 6.42 Å². The molecular formula is C25H31ClN2O3. The van der Waals surface area contributed by atoms with Crippen LogP contribution in [0.5, 0.6) is 5.75 Å². The Kier molecular flexibility index (Phi) is 8.77. The standard InChI is InChI=1S/C25H31ClN2O3/c1-19(25(30)27-21-12-6-3-7-13-21)28(17-16-20-10-4-2-5-11-20)24(29)18-31-23-15-9-8-14-22(23)26/h2,4-5,8-11,14-15,19,21H,3,6-7,12-13,16-18H2,1H3,(H,27,30)/t19-/m1/s1. The van der Waals surface area contributed by atoms with Crippen molar-refractivity contribution < 1.29 is 14.3 Å². The lowest BCUT2D eigenvalue weighted by Gasteiger charge is -2.31. The monoisotopic (exact) mass is 442 g/mol. The van der Waals surface area contributed by atoms with Crippen LogP contribution in [0.3, 0.4) is 0 Å². The lowest BCUT2D eigenvalue weighted by molar-refractivity contribution is -0.141. The van der Waals surface area contributed by atoms with Crippen LogP contribution in [0.4, 0.5) is 0 Å². The van der Waals surface area contributed by atoms with Crippen molar-refractivity contribution in [1.82, 2.24) is 10.2 Å². The van der Waals surface area contributed by atoms with Crippen molar-refractivity contribution >= 4 is 23.4 Å². The van der Waals surface area contributed by atoms with Gasteiger partial charge in [-0.3, -0.25) is 9.59 Å². The van der Waals surface area contributed by atoms with E-state index in [2.05, 4.69) is 5.32 Å². The first kappa shape index (κ1) is 23.1. The number of benzene rings is 2. The molecule has 5 nitrogen and oxygen atoms in total. The predicted molar refractivity (Wildman–Crippen MR) is 123 cm³/mol. The van der Waals surface area contributed by atoms with E-state index in [1.54, 1.807) is 36.1 Å². The van der Waals surface area contributed by atoms with Gasteiger partial charge in [0.15, 0.2) is 6.61 Å². The van der Waals surface area contributed by atoms with E-state index in [-0.39, 0.29) is 24.5 Å². The molecule has 0 radical (unpaired) electrons. The number of carbonyl (C=O) groups is 2. The Morgan fingerprint density at radius 3 is 2.45 bits per heavy atom. The lowest BCUT2D eigenvalue weighted by atomic mass is 9.95. The van der Waals surface area contributed by atoms with Crippen LogP contribution < -0.4 is 10.1 Å². The first-order valence-electron chi connectivity index (χ1n) is 11.1. The van der Waals surface area contributed by atoms with E-state index in [0.29, 0.717) is 23.7 Å². The summed E-state index contributed by atoms with van der Waals surface area (Å²) in [6.45, 7) is 2.06. The molecule has 0 saturated heterocycles. The number of para-hydroxylation sites is 1. The van der Waals surface area contributed by atoms with Crippen LogP contribution >= 0.6 is 11.6 Å². The molecule has 1 saturated carbocycles. The fourth-order valence-corrected chi connectivity index (χ4v) is 4.11. The third-order valence-corrected chi connectivity index (χ3v) is 6.10. The van der Waals surface area contributed by atoms with Crippen LogP contribution in [0.1, 0.15) is 44.6 Å². The zero-order chi connectivity index (χ0) is 22.1. The molecule has 1 fully saturated rings. The second-order valence-corrected chi connectivity index (χ2v) is 8.47. The molecule has 1 aliphatic carbocycles. The predicted octanol–water partition coefficient (Wildman–Crippen LogP) is 4.63. The van der Waals surface area contributed by atoms with Crippen molar-refractivity contribution in [3.05, 3.63) is 65.2 Å². The Hall–Kier alpha value is -2.53. The average molecular weight is 443 g/mol. The SMILES string of the molecule is C[C@H](C(=O)NC1CCCCC1)N(CCc1ccccc1)C(=O)COc1ccccc1Cl. The smallest absolute Gasteiger partial charge is 0.261 e. The van der Waals surface area contributed by atoms with E-state index in [9.17, 15) is 9.59 Å². The second kappa shape index (κ2) is 11.8. The lowest BCUT2D eigenvalue weighted by Crippen LogP contribution is -2.52. The zero-order valence-electron chi connectivity index (χ0n) is 18.1. The van der Waals surface area contributed by atoms with Gasteiger partial charge in [0, 0.05) is 12.6 Å². The molecule has 1 N–H and O–H groups in total. The van der Waals surface area contributed by atoms with Gasteiger partial charge in [-0.1, -0.05) is 73.3 Å². The summed E-state index contributed by atoms with van der Waals surface area (Å²) in [5.41, 5.74) is 1.12. The van der Waals surface area contributed by atoms with E-state index in [1.807, 2.05) is 30.3 Å². The van der Waals surface area contributed by atoms with Crippen molar-refractivity contribution in [2.45, 2.75) is 57.5 Å². The number of ether oxygens (including phenoxy) is 1. The van der Waals surface area contributed by atoms with E-state index in [4.69, 9.17) is 16.3 Å². The van der Waals surface area contributed by atoms with Crippen LogP contribution in [-0.2, 0) is 16.0 Å². The third kappa shape index (κ3) is 7.00. The quantitative estimate of drug-likeness (QED) is 0.616. The van der Waals surface area contributed by atoms with Crippen molar-refractivity contribution in [3.63, 3.8) is 0 Å². The number of hydrogen-bond acceptors (Lipinski definition) is 3. The molecule has 2 aromatic rings. The molecule has 6 heteroatoms. The number of halogens is 1. The largest absolute Gasteiger partial charge is 0.482 e. The number of carbonyl (C=O) groups excluding carboxylic acids is 2. The van der Waals surface area contributed by atoms with Crippen molar-refractivity contribution in [3.8, 4) is 5.75 Å². The molecule has 31 heavy (non-hydrogen) atoms. The summed E-state index contributed by atoms with van der Waals surface area (Å²) in [6, 6.07) is 16.6. The van der Waals surface area contributed by atoms with E-state index >= 15 is 0 Å². The maximum absolute atomic E-state index is 13.1. The average Bonchev–Trinajstić information content (AvgIpc) is 2.80. The number of nitrogens with zero attached hydrogens (tertiary/aromatic N) is 1. The molecule has 2 aromatic carbocycles. The molecule has 0 bridgehead atoms. The summed E-state index contributed by atoms with van der Waals surface area (Å²) >= 11 is 6.14. The van der Waals surface area contributed by atoms with Gasteiger partial charge in [0.1, 0.15) is 11.8 Å². The number of amides is 2. The van der Waals surface area contributed by atoms with Crippen LogP contribution in [-0.4, -0.2) is 41.9 Å². The molecule has 2 amide bonds. The molecule has 1 aliphatic rings. The van der Waals surface area contributed by atoms with Crippen LogP contribution in [0.2, 0.25) is 5.02 Å². The summed E-state index contributed by atoms with van der Waals surface area (Å²) in [5, 5.41) is 3.59. The van der Waals surface area contributed by atoms with Gasteiger partial charge in [-0.05, 0) is 43.9 Å². The number of nitrogens with one attached hydrogen (secondary N) is 1. The fourth-order valence-electron chi connectivity index (χ4n) is 3.92. The Bertz CT molecular complexity index is 853. The second-order valence-electron chi connectivity index (χ2n) is 8.06. The number of rotatable bonds is 9. The molecule has 0 aliphatic heterocycles. The van der Waals surface area contributed by atoms with Gasteiger partial charge in [-0.2, -0.15) is 0 Å². The third-order valence-electron chi connectivity index (χ3n) is 5.79. The van der Waals surface area contributed by atoms with Crippen molar-refractivity contribution in [1.29, 1.82) is 0 Å². The van der Waals surface area contributed by atoms with Gasteiger partial charge in [0.25, 0.3) is 5.91 Å². The molecule has 0 unspecified atom stereocenters. The summed E-state index contributed by atoms with van der Waals surface area (Å²) in [4.78, 5) is 27.6. The van der Waals surface area contributed by atoms with Gasteiger partial charge in [0.05, 0.1) is 5.02 Å². The summed E-state index contributed by atoms with van der Waals surface area (Å²) in [6.07, 6.45) is 6.18. The molecule has 0 heterocycles. The number of hydrogen-bond donors (Lipinski definition) is 1. The molecular weight excluding hydrogens is 412 g/mol. The maximum atomic E-state index is 13.1. The first-order chi connectivity index (χ1) is 15.0. The Morgan fingerprint density at radius 1 is 1.06 bits per heavy atom. The summed E-state index contributed by atoms with van der Waals surface area (Å²) in [7, 11) is 0. The molecule has 0 spiro atoms. The van der Waals surface area contributed by atoms with Crippen LogP contribution in [0.15, 0.2) is 54.6 Å². The van der Waals surface area contributed by atoms with Crippen LogP contribution in [0, 0.1) is 0 Å². The van der Waals surface area contributed by atoms with E-state index in [0.717, 1.165) is 31.2 Å². The van der Waals surface area contributed by atoms with Gasteiger partial charge >= 0.3 is 0 Å². The minimum absolute atomic E-state index is 0.106. The minimum Gasteiger partial charge on any atom is -0.482 e. The minimum atomic E-state index is -0.576. The summed E-state index contributed by atoms with van der Waals surface area (Å²) < 4.78 is 5.66. The molecule has 1 atom stereocenters. The van der Waals surface area contributed by atoms with Gasteiger partial charge in [-0.15, -0.1) is 0 Å². The topological polar surface area (TPSA) is 58.6 Å². The zero-order valence-corrected chi connectivity index (χ0v) is 18.8.